The van der Waals surface area contributed by atoms with E-state index in [0.717, 1.165) is 5.56 Å². The van der Waals surface area contributed by atoms with E-state index in [1.807, 2.05) is 30.3 Å². The van der Waals surface area contributed by atoms with Gasteiger partial charge in [0, 0.05) is 25.1 Å². The van der Waals surface area contributed by atoms with Crippen LogP contribution in [0.2, 0.25) is 0 Å². The number of benzene rings is 2. The number of fused-ring (bicyclic) bond motifs is 2. The summed E-state index contributed by atoms with van der Waals surface area (Å²) in [5.74, 6) is 1.97. The fraction of sp³-hybridized carbons (Fsp3) is 0.360. The first-order valence-corrected chi connectivity index (χ1v) is 13.6. The van der Waals surface area contributed by atoms with Crippen molar-refractivity contribution in [1.29, 1.82) is 0 Å². The summed E-state index contributed by atoms with van der Waals surface area (Å²) in [6.07, 6.45) is 1.16. The van der Waals surface area contributed by atoms with Crippen molar-refractivity contribution in [3.8, 4) is 17.4 Å². The molecule has 11 nitrogen and oxygen atoms in total. The van der Waals surface area contributed by atoms with E-state index in [1.165, 1.54) is 4.31 Å². The summed E-state index contributed by atoms with van der Waals surface area (Å²) in [7, 11) is -2.13. The van der Waals surface area contributed by atoms with E-state index in [9.17, 15) is 8.42 Å². The second-order valence-electron chi connectivity index (χ2n) is 8.98. The fourth-order valence-corrected chi connectivity index (χ4v) is 6.21. The van der Waals surface area contributed by atoms with Crippen LogP contribution in [-0.2, 0) is 16.6 Å². The quantitative estimate of drug-likeness (QED) is 0.376. The minimum absolute atomic E-state index is 0.0231. The number of nitrogens with zero attached hydrogens (tertiary/aromatic N) is 6. The molecule has 192 valence electrons. The lowest BCUT2D eigenvalue weighted by atomic mass is 9.97. The number of piperidine rings is 1. The zero-order valence-corrected chi connectivity index (χ0v) is 21.1. The molecular formula is C25H26N6O5S. The van der Waals surface area contributed by atoms with Gasteiger partial charge in [-0.1, -0.05) is 35.5 Å². The highest BCUT2D eigenvalue weighted by Crippen LogP contribution is 2.35. The van der Waals surface area contributed by atoms with E-state index >= 15 is 0 Å². The maximum Gasteiger partial charge on any atom is 0.247 e. The molecule has 2 aliphatic heterocycles. The summed E-state index contributed by atoms with van der Waals surface area (Å²) in [6, 6.07) is 14.7. The Hall–Kier alpha value is -3.77. The molecule has 0 amide bonds. The van der Waals surface area contributed by atoms with Crippen LogP contribution in [0.25, 0.3) is 11.2 Å². The maximum absolute atomic E-state index is 13.3. The minimum Gasteiger partial charge on any atom is -0.486 e. The number of methoxy groups -OCH3 is 1. The van der Waals surface area contributed by atoms with Gasteiger partial charge in [0.2, 0.25) is 15.9 Å². The SMILES string of the molecule is COc1nc(C2CCN(S(=O)(=O)c3ccc4c(c3)OCCO4)CC2)nc2c1nnn2Cc1ccccc1. The molecule has 0 unspecified atom stereocenters. The van der Waals surface area contributed by atoms with Gasteiger partial charge >= 0.3 is 0 Å². The Morgan fingerprint density at radius 2 is 1.76 bits per heavy atom. The predicted octanol–water partition coefficient (Wildman–Crippen LogP) is 2.62. The molecule has 0 atom stereocenters. The van der Waals surface area contributed by atoms with Crippen LogP contribution in [0, 0.1) is 0 Å². The van der Waals surface area contributed by atoms with Gasteiger partial charge in [-0.05, 0) is 30.5 Å². The lowest BCUT2D eigenvalue weighted by Gasteiger charge is -2.30. The number of hydrogen-bond donors (Lipinski definition) is 0. The van der Waals surface area contributed by atoms with E-state index in [-0.39, 0.29) is 10.8 Å². The zero-order chi connectivity index (χ0) is 25.4. The van der Waals surface area contributed by atoms with Crippen LogP contribution in [0.1, 0.15) is 30.1 Å². The van der Waals surface area contributed by atoms with Crippen molar-refractivity contribution >= 4 is 21.2 Å². The lowest BCUT2D eigenvalue weighted by molar-refractivity contribution is 0.171. The van der Waals surface area contributed by atoms with Crippen molar-refractivity contribution in [2.75, 3.05) is 33.4 Å². The van der Waals surface area contributed by atoms with Gasteiger partial charge in [0.05, 0.1) is 18.6 Å². The monoisotopic (exact) mass is 522 g/mol. The molecule has 4 aromatic rings. The summed E-state index contributed by atoms with van der Waals surface area (Å²) >= 11 is 0. The van der Waals surface area contributed by atoms with E-state index in [2.05, 4.69) is 15.3 Å². The van der Waals surface area contributed by atoms with Crippen LogP contribution in [0.5, 0.6) is 17.4 Å². The Balaban J connectivity index is 1.22. The predicted molar refractivity (Wildman–Crippen MR) is 133 cm³/mol. The van der Waals surface area contributed by atoms with Crippen molar-refractivity contribution in [1.82, 2.24) is 29.3 Å². The molecule has 0 N–H and O–H groups in total. The molecular weight excluding hydrogens is 496 g/mol. The highest BCUT2D eigenvalue weighted by molar-refractivity contribution is 7.89. The summed E-state index contributed by atoms with van der Waals surface area (Å²) < 4.78 is 46.5. The molecule has 2 aliphatic rings. The largest absolute Gasteiger partial charge is 0.486 e. The second kappa shape index (κ2) is 9.60. The van der Waals surface area contributed by atoms with Crippen molar-refractivity contribution in [2.24, 2.45) is 0 Å². The molecule has 37 heavy (non-hydrogen) atoms. The van der Waals surface area contributed by atoms with Crippen LogP contribution in [0.3, 0.4) is 0 Å². The third kappa shape index (κ3) is 4.46. The van der Waals surface area contributed by atoms with Crippen LogP contribution in [-0.4, -0.2) is 71.1 Å². The van der Waals surface area contributed by atoms with Crippen molar-refractivity contribution in [3.63, 3.8) is 0 Å². The van der Waals surface area contributed by atoms with Gasteiger partial charge in [0.1, 0.15) is 19.0 Å². The number of rotatable bonds is 6. The molecule has 0 spiro atoms. The van der Waals surface area contributed by atoms with Crippen LogP contribution in [0.15, 0.2) is 53.4 Å². The highest BCUT2D eigenvalue weighted by Gasteiger charge is 2.32. The molecule has 4 heterocycles. The Morgan fingerprint density at radius 3 is 2.51 bits per heavy atom. The molecule has 6 rings (SSSR count). The molecule has 0 saturated carbocycles. The van der Waals surface area contributed by atoms with Crippen LogP contribution < -0.4 is 14.2 Å². The average Bonchev–Trinajstić information content (AvgIpc) is 3.35. The average molecular weight is 523 g/mol. The zero-order valence-electron chi connectivity index (χ0n) is 20.3. The van der Waals surface area contributed by atoms with Gasteiger partial charge in [-0.2, -0.15) is 9.29 Å². The van der Waals surface area contributed by atoms with Crippen LogP contribution in [0.4, 0.5) is 0 Å². The number of aromatic nitrogens is 5. The molecule has 0 radical (unpaired) electrons. The van der Waals surface area contributed by atoms with Gasteiger partial charge in [-0.15, -0.1) is 5.10 Å². The van der Waals surface area contributed by atoms with Crippen molar-refractivity contribution in [3.05, 3.63) is 59.9 Å². The van der Waals surface area contributed by atoms with E-state index in [1.54, 1.807) is 30.0 Å². The lowest BCUT2D eigenvalue weighted by Crippen LogP contribution is -2.38. The first kappa shape index (κ1) is 23.6. The molecule has 2 aromatic heterocycles. The topological polar surface area (TPSA) is 122 Å². The standard InChI is InChI=1S/C25H26N6O5S/c1-34-25-22-24(31(29-28-22)16-17-5-3-2-4-6-17)26-23(27-25)18-9-11-30(12-10-18)37(32,33)19-7-8-20-21(15-19)36-14-13-35-20/h2-8,15,18H,9-14,16H2,1H3. The third-order valence-corrected chi connectivity index (χ3v) is 8.58. The molecule has 0 bridgehead atoms. The van der Waals surface area contributed by atoms with Gasteiger partial charge in [-0.3, -0.25) is 0 Å². The van der Waals surface area contributed by atoms with Crippen molar-refractivity contribution < 1.29 is 22.6 Å². The Labute approximate surface area is 214 Å². The summed E-state index contributed by atoms with van der Waals surface area (Å²) in [5, 5.41) is 8.51. The van der Waals surface area contributed by atoms with Gasteiger partial charge in [0.15, 0.2) is 22.7 Å². The van der Waals surface area contributed by atoms with Crippen molar-refractivity contribution in [2.45, 2.75) is 30.2 Å². The Bertz CT molecular complexity index is 1530. The fourth-order valence-electron chi connectivity index (χ4n) is 4.72. The van der Waals surface area contributed by atoms with Gasteiger partial charge in [0.25, 0.3) is 0 Å². The number of ether oxygens (including phenoxy) is 3. The van der Waals surface area contributed by atoms with E-state index in [4.69, 9.17) is 19.2 Å². The number of hydrogen-bond acceptors (Lipinski definition) is 9. The molecule has 12 heteroatoms. The van der Waals surface area contributed by atoms with Crippen LogP contribution >= 0.6 is 0 Å². The first-order chi connectivity index (χ1) is 18.0. The summed E-state index contributed by atoms with van der Waals surface area (Å²) in [6.45, 7) is 2.08. The Kier molecular flexibility index (Phi) is 6.13. The normalized spacial score (nSPS) is 16.7. The third-order valence-electron chi connectivity index (χ3n) is 6.69. The summed E-state index contributed by atoms with van der Waals surface area (Å²) in [4.78, 5) is 9.61. The minimum atomic E-state index is -3.67. The first-order valence-electron chi connectivity index (χ1n) is 12.1. The van der Waals surface area contributed by atoms with Gasteiger partial charge < -0.3 is 14.2 Å². The molecule has 1 saturated heterocycles. The second-order valence-corrected chi connectivity index (χ2v) is 10.9. The highest BCUT2D eigenvalue weighted by atomic mass is 32.2. The maximum atomic E-state index is 13.3. The molecule has 0 aliphatic carbocycles. The van der Waals surface area contributed by atoms with E-state index < -0.39 is 10.0 Å². The molecule has 1 fully saturated rings. The smallest absolute Gasteiger partial charge is 0.247 e. The van der Waals surface area contributed by atoms with Gasteiger partial charge in [-0.25, -0.2) is 18.1 Å². The van der Waals surface area contributed by atoms with E-state index in [0.29, 0.717) is 80.1 Å². The summed E-state index contributed by atoms with van der Waals surface area (Å²) in [5.41, 5.74) is 2.17. The molecule has 2 aromatic carbocycles. The number of sulfonamides is 1. The Morgan fingerprint density at radius 1 is 1.00 bits per heavy atom.